The Morgan fingerprint density at radius 1 is 1.24 bits per heavy atom. The van der Waals surface area contributed by atoms with Gasteiger partial charge in [0.2, 0.25) is 0 Å². The van der Waals surface area contributed by atoms with E-state index in [1.54, 1.807) is 23.0 Å². The molecule has 1 aromatic carbocycles. The van der Waals surface area contributed by atoms with Gasteiger partial charge in [-0.2, -0.15) is 10.2 Å². The van der Waals surface area contributed by atoms with Gasteiger partial charge in [0.1, 0.15) is 11.5 Å². The van der Waals surface area contributed by atoms with Crippen LogP contribution in [-0.2, 0) is 6.54 Å². The number of hydrogen-bond donors (Lipinski definition) is 3. The molecule has 38 heavy (non-hydrogen) atoms. The molecule has 0 aliphatic heterocycles. The fourth-order valence-electron chi connectivity index (χ4n) is 4.94. The summed E-state index contributed by atoms with van der Waals surface area (Å²) in [5, 5.41) is 32.5. The second-order valence-corrected chi connectivity index (χ2v) is 10.0. The molecule has 1 atom stereocenters. The Bertz CT molecular complexity index is 1380. The fraction of sp³-hybridized carbons (Fsp3) is 0.444. The van der Waals surface area contributed by atoms with Gasteiger partial charge >= 0.3 is 0 Å². The number of rotatable bonds is 10. The van der Waals surface area contributed by atoms with Crippen LogP contribution >= 0.6 is 11.6 Å². The summed E-state index contributed by atoms with van der Waals surface area (Å²) in [6, 6.07) is 7.00. The lowest BCUT2D eigenvalue weighted by Crippen LogP contribution is -2.26. The van der Waals surface area contributed by atoms with Crippen molar-refractivity contribution in [3.8, 4) is 17.0 Å². The number of aliphatic hydroxyl groups excluding tert-OH is 2. The predicted octanol–water partition coefficient (Wildman–Crippen LogP) is 4.83. The number of nitrogens with one attached hydrogen (secondary N) is 1. The first-order valence-electron chi connectivity index (χ1n) is 13.0. The molecule has 0 saturated heterocycles. The van der Waals surface area contributed by atoms with Crippen LogP contribution in [-0.4, -0.2) is 60.1 Å². The molecule has 5 rings (SSSR count). The van der Waals surface area contributed by atoms with Gasteiger partial charge in [0.15, 0.2) is 11.6 Å². The summed E-state index contributed by atoms with van der Waals surface area (Å²) in [5.74, 6) is 0.460. The minimum Gasteiger partial charge on any atom is -0.487 e. The first kappa shape index (κ1) is 26.4. The molecule has 3 N–H and O–H groups in total. The minimum absolute atomic E-state index is 0.0599. The quantitative estimate of drug-likeness (QED) is 0.263. The van der Waals surface area contributed by atoms with Crippen molar-refractivity contribution in [2.75, 3.05) is 18.5 Å². The highest BCUT2D eigenvalue weighted by Gasteiger charge is 2.28. The number of anilines is 1. The maximum absolute atomic E-state index is 14.3. The molecule has 0 spiro atoms. The van der Waals surface area contributed by atoms with Gasteiger partial charge in [-0.1, -0.05) is 17.7 Å². The normalized spacial score (nSPS) is 18.6. The highest BCUT2D eigenvalue weighted by atomic mass is 35.5. The van der Waals surface area contributed by atoms with Gasteiger partial charge in [0.25, 0.3) is 0 Å². The van der Waals surface area contributed by atoms with E-state index in [2.05, 4.69) is 20.1 Å². The van der Waals surface area contributed by atoms with E-state index in [9.17, 15) is 9.50 Å². The zero-order valence-electron chi connectivity index (χ0n) is 21.2. The molecule has 1 saturated carbocycles. The lowest BCUT2D eigenvalue weighted by atomic mass is 9.93. The molecule has 3 aromatic heterocycles. The Balaban J connectivity index is 1.38. The van der Waals surface area contributed by atoms with E-state index in [1.165, 1.54) is 6.07 Å². The van der Waals surface area contributed by atoms with Crippen molar-refractivity contribution in [2.45, 2.75) is 63.8 Å². The van der Waals surface area contributed by atoms with E-state index in [0.29, 0.717) is 13.0 Å². The van der Waals surface area contributed by atoms with Crippen LogP contribution in [0.4, 0.5) is 10.2 Å². The number of aromatic nitrogens is 5. The number of benzene rings is 1. The van der Waals surface area contributed by atoms with Crippen molar-refractivity contribution < 1.29 is 19.3 Å². The monoisotopic (exact) mass is 542 g/mol. The largest absolute Gasteiger partial charge is 0.487 e. The number of aryl methyl sites for hydroxylation is 1. The van der Waals surface area contributed by atoms with Gasteiger partial charge in [0.05, 0.1) is 41.6 Å². The van der Waals surface area contributed by atoms with Gasteiger partial charge in [-0.15, -0.1) is 0 Å². The zero-order valence-corrected chi connectivity index (χ0v) is 22.0. The van der Waals surface area contributed by atoms with E-state index < -0.39 is 11.9 Å². The summed E-state index contributed by atoms with van der Waals surface area (Å²) in [6.07, 6.45) is 8.25. The second-order valence-electron chi connectivity index (χ2n) is 9.63. The molecule has 1 fully saturated rings. The van der Waals surface area contributed by atoms with Crippen molar-refractivity contribution in [3.63, 3.8) is 0 Å². The van der Waals surface area contributed by atoms with Crippen molar-refractivity contribution >= 4 is 28.3 Å². The van der Waals surface area contributed by atoms with Gasteiger partial charge in [0, 0.05) is 42.5 Å². The number of fused-ring (bicyclic) bond motifs is 1. The van der Waals surface area contributed by atoms with Gasteiger partial charge in [-0.05, 0) is 51.2 Å². The molecular weight excluding hydrogens is 511 g/mol. The summed E-state index contributed by atoms with van der Waals surface area (Å²) in [5.41, 5.74) is 2.64. The van der Waals surface area contributed by atoms with Crippen LogP contribution in [0.3, 0.4) is 0 Å². The zero-order chi connectivity index (χ0) is 26.6. The molecule has 202 valence electrons. The molecule has 0 bridgehead atoms. The van der Waals surface area contributed by atoms with Crippen LogP contribution in [0, 0.1) is 5.82 Å². The van der Waals surface area contributed by atoms with Crippen LogP contribution in [0.5, 0.6) is 5.75 Å². The van der Waals surface area contributed by atoms with Crippen molar-refractivity contribution in [1.82, 2.24) is 24.5 Å². The third-order valence-electron chi connectivity index (χ3n) is 6.96. The number of aliphatic hydroxyl groups is 2. The maximum atomic E-state index is 14.3. The molecular formula is C27H32ClFN6O3. The van der Waals surface area contributed by atoms with E-state index in [0.717, 1.165) is 60.2 Å². The topological polar surface area (TPSA) is 110 Å². The number of halogens is 2. The number of ether oxygens (including phenoxy) is 1. The molecule has 1 aliphatic carbocycles. The van der Waals surface area contributed by atoms with Crippen LogP contribution in [0.15, 0.2) is 42.9 Å². The third-order valence-corrected chi connectivity index (χ3v) is 7.25. The van der Waals surface area contributed by atoms with E-state index in [1.807, 2.05) is 25.4 Å². The SMILES string of the molecule is CCNc1cc2c(cn1)c(-c1cnn(CC[C@@H](O)CO)c1)nn2C1CCC(Oc2cccc(Cl)c2F)CC1. The molecule has 11 heteroatoms. The van der Waals surface area contributed by atoms with Crippen LogP contribution < -0.4 is 10.1 Å². The molecule has 0 unspecified atom stereocenters. The molecule has 4 aromatic rings. The molecule has 9 nitrogen and oxygen atoms in total. The van der Waals surface area contributed by atoms with Crippen LogP contribution in [0.25, 0.3) is 22.2 Å². The Kier molecular flexibility index (Phi) is 8.11. The standard InChI is InChI=1S/C27H32ClFN6O3/c1-2-30-25-12-23-21(14-31-25)27(17-13-32-34(15-17)11-10-19(37)16-36)33-35(23)18-6-8-20(9-7-18)38-24-5-3-4-22(28)26(24)29/h3-5,12-15,18-20,36-37H,2,6-11,16H2,1H3,(H,30,31)/t18?,19-,20?/m1/s1. The van der Waals surface area contributed by atoms with Crippen LogP contribution in [0.2, 0.25) is 5.02 Å². The van der Waals surface area contributed by atoms with Gasteiger partial charge in [-0.3, -0.25) is 9.36 Å². The van der Waals surface area contributed by atoms with Crippen molar-refractivity contribution in [3.05, 3.63) is 53.7 Å². The summed E-state index contributed by atoms with van der Waals surface area (Å²) in [4.78, 5) is 4.57. The number of hydrogen-bond acceptors (Lipinski definition) is 7. The lowest BCUT2D eigenvalue weighted by Gasteiger charge is -2.29. The highest BCUT2D eigenvalue weighted by Crippen LogP contribution is 2.37. The maximum Gasteiger partial charge on any atom is 0.183 e. The predicted molar refractivity (Wildman–Crippen MR) is 144 cm³/mol. The first-order chi connectivity index (χ1) is 18.5. The average molecular weight is 543 g/mol. The highest BCUT2D eigenvalue weighted by molar-refractivity contribution is 6.30. The summed E-state index contributed by atoms with van der Waals surface area (Å²) < 4.78 is 24.1. The van der Waals surface area contributed by atoms with Crippen molar-refractivity contribution in [2.24, 2.45) is 0 Å². The van der Waals surface area contributed by atoms with E-state index in [4.69, 9.17) is 26.5 Å². The van der Waals surface area contributed by atoms with Gasteiger partial charge < -0.3 is 20.3 Å². The first-order valence-corrected chi connectivity index (χ1v) is 13.4. The fourth-order valence-corrected chi connectivity index (χ4v) is 5.11. The Labute approximate surface area is 225 Å². The molecule has 0 radical (unpaired) electrons. The third kappa shape index (κ3) is 5.62. The molecule has 0 amide bonds. The summed E-state index contributed by atoms with van der Waals surface area (Å²) in [6.45, 7) is 3.00. The molecule has 1 aliphatic rings. The average Bonchev–Trinajstić information content (AvgIpc) is 3.55. The smallest absolute Gasteiger partial charge is 0.183 e. The summed E-state index contributed by atoms with van der Waals surface area (Å²) >= 11 is 5.91. The Morgan fingerprint density at radius 3 is 2.82 bits per heavy atom. The number of pyridine rings is 1. The van der Waals surface area contributed by atoms with E-state index in [-0.39, 0.29) is 29.5 Å². The van der Waals surface area contributed by atoms with Crippen LogP contribution in [0.1, 0.15) is 45.1 Å². The second kappa shape index (κ2) is 11.7. The summed E-state index contributed by atoms with van der Waals surface area (Å²) in [7, 11) is 0. The minimum atomic E-state index is -0.772. The lowest BCUT2D eigenvalue weighted by molar-refractivity contribution is 0.0838. The van der Waals surface area contributed by atoms with E-state index >= 15 is 0 Å². The Hall–Kier alpha value is -3.21. The number of nitrogens with zero attached hydrogens (tertiary/aromatic N) is 5. The molecule has 3 heterocycles. The van der Waals surface area contributed by atoms with Gasteiger partial charge in [-0.25, -0.2) is 9.37 Å². The Morgan fingerprint density at radius 2 is 2.05 bits per heavy atom. The van der Waals surface area contributed by atoms with Crippen molar-refractivity contribution in [1.29, 1.82) is 0 Å².